The molecule has 26 heavy (non-hydrogen) atoms. The van der Waals surface area contributed by atoms with Crippen molar-refractivity contribution in [1.29, 1.82) is 0 Å². The minimum Gasteiger partial charge on any atom is -0.419 e. The molecule has 0 saturated carbocycles. The SMILES string of the molecule is CC(C)N(Cc1nnc(-c2ccc(Cl)cc2)o1)C(=O)c1cccc(Cl)c1. The van der Waals surface area contributed by atoms with Crippen LogP contribution in [0.15, 0.2) is 52.9 Å². The summed E-state index contributed by atoms with van der Waals surface area (Å²) >= 11 is 11.9. The summed E-state index contributed by atoms with van der Waals surface area (Å²) in [7, 11) is 0. The van der Waals surface area contributed by atoms with Gasteiger partial charge in [-0.05, 0) is 56.3 Å². The van der Waals surface area contributed by atoms with E-state index in [0.717, 1.165) is 5.56 Å². The molecule has 5 nitrogen and oxygen atoms in total. The van der Waals surface area contributed by atoms with E-state index in [9.17, 15) is 4.79 Å². The number of benzene rings is 2. The molecule has 7 heteroatoms. The number of aromatic nitrogens is 2. The number of hydrogen-bond acceptors (Lipinski definition) is 4. The van der Waals surface area contributed by atoms with Crippen molar-refractivity contribution < 1.29 is 9.21 Å². The Morgan fingerprint density at radius 1 is 1.08 bits per heavy atom. The van der Waals surface area contributed by atoms with Gasteiger partial charge in [-0.2, -0.15) is 0 Å². The van der Waals surface area contributed by atoms with Crippen molar-refractivity contribution in [3.8, 4) is 11.5 Å². The van der Waals surface area contributed by atoms with E-state index in [-0.39, 0.29) is 18.5 Å². The molecule has 0 atom stereocenters. The van der Waals surface area contributed by atoms with E-state index in [2.05, 4.69) is 10.2 Å². The van der Waals surface area contributed by atoms with E-state index in [1.807, 2.05) is 13.8 Å². The van der Waals surface area contributed by atoms with Gasteiger partial charge in [0.25, 0.3) is 5.91 Å². The van der Waals surface area contributed by atoms with Crippen molar-refractivity contribution in [2.45, 2.75) is 26.4 Å². The van der Waals surface area contributed by atoms with Crippen molar-refractivity contribution >= 4 is 29.1 Å². The maximum Gasteiger partial charge on any atom is 0.254 e. The van der Waals surface area contributed by atoms with Gasteiger partial charge in [0.2, 0.25) is 11.8 Å². The average molecular weight is 390 g/mol. The quantitative estimate of drug-likeness (QED) is 0.609. The van der Waals surface area contributed by atoms with E-state index in [1.165, 1.54) is 0 Å². The molecule has 0 saturated heterocycles. The first-order chi connectivity index (χ1) is 12.4. The van der Waals surface area contributed by atoms with Gasteiger partial charge in [-0.1, -0.05) is 29.3 Å². The summed E-state index contributed by atoms with van der Waals surface area (Å²) in [5.74, 6) is 0.600. The van der Waals surface area contributed by atoms with Crippen LogP contribution in [0.3, 0.4) is 0 Å². The Balaban J connectivity index is 1.80. The minimum absolute atomic E-state index is 0.0487. The zero-order chi connectivity index (χ0) is 18.7. The van der Waals surface area contributed by atoms with Gasteiger partial charge in [-0.25, -0.2) is 0 Å². The predicted octanol–water partition coefficient (Wildman–Crippen LogP) is 5.09. The molecule has 134 valence electrons. The lowest BCUT2D eigenvalue weighted by Gasteiger charge is -2.25. The lowest BCUT2D eigenvalue weighted by atomic mass is 10.1. The highest BCUT2D eigenvalue weighted by molar-refractivity contribution is 6.31. The first kappa shape index (κ1) is 18.4. The van der Waals surface area contributed by atoms with Crippen LogP contribution in [0, 0.1) is 0 Å². The van der Waals surface area contributed by atoms with Crippen LogP contribution >= 0.6 is 23.2 Å². The second kappa shape index (κ2) is 7.89. The first-order valence-electron chi connectivity index (χ1n) is 8.09. The maximum absolute atomic E-state index is 12.8. The molecule has 0 aliphatic heterocycles. The summed E-state index contributed by atoms with van der Waals surface area (Å²) in [5.41, 5.74) is 1.29. The van der Waals surface area contributed by atoms with Crippen LogP contribution in [-0.2, 0) is 6.54 Å². The molecular weight excluding hydrogens is 373 g/mol. The third-order valence-corrected chi connectivity index (χ3v) is 4.31. The van der Waals surface area contributed by atoms with Crippen LogP contribution in [0.5, 0.6) is 0 Å². The first-order valence-corrected chi connectivity index (χ1v) is 8.84. The smallest absolute Gasteiger partial charge is 0.254 e. The Bertz CT molecular complexity index is 907. The normalized spacial score (nSPS) is 11.0. The summed E-state index contributed by atoms with van der Waals surface area (Å²) in [6, 6.07) is 13.9. The number of rotatable bonds is 5. The van der Waals surface area contributed by atoms with Crippen LogP contribution in [0.25, 0.3) is 11.5 Å². The number of halogens is 2. The number of carbonyl (C=O) groups is 1. The van der Waals surface area contributed by atoms with Gasteiger partial charge in [-0.15, -0.1) is 10.2 Å². The maximum atomic E-state index is 12.8. The van der Waals surface area contributed by atoms with Gasteiger partial charge in [0.1, 0.15) is 0 Å². The summed E-state index contributed by atoms with van der Waals surface area (Å²) in [4.78, 5) is 14.5. The zero-order valence-electron chi connectivity index (χ0n) is 14.3. The van der Waals surface area contributed by atoms with Crippen molar-refractivity contribution in [2.75, 3.05) is 0 Å². The lowest BCUT2D eigenvalue weighted by Crippen LogP contribution is -2.36. The molecule has 0 N–H and O–H groups in total. The Morgan fingerprint density at radius 2 is 1.81 bits per heavy atom. The molecule has 0 aliphatic carbocycles. The van der Waals surface area contributed by atoms with E-state index >= 15 is 0 Å². The van der Waals surface area contributed by atoms with Crippen LogP contribution in [0.1, 0.15) is 30.1 Å². The zero-order valence-corrected chi connectivity index (χ0v) is 15.8. The van der Waals surface area contributed by atoms with Crippen LogP contribution < -0.4 is 0 Å². The van der Waals surface area contributed by atoms with Crippen molar-refractivity contribution in [3.63, 3.8) is 0 Å². The van der Waals surface area contributed by atoms with Crippen molar-refractivity contribution in [2.24, 2.45) is 0 Å². The van der Waals surface area contributed by atoms with Gasteiger partial charge < -0.3 is 9.32 Å². The monoisotopic (exact) mass is 389 g/mol. The van der Waals surface area contributed by atoms with Crippen molar-refractivity contribution in [1.82, 2.24) is 15.1 Å². The fourth-order valence-electron chi connectivity index (χ4n) is 2.45. The molecule has 3 rings (SSSR count). The largest absolute Gasteiger partial charge is 0.419 e. The topological polar surface area (TPSA) is 59.2 Å². The summed E-state index contributed by atoms with van der Waals surface area (Å²) < 4.78 is 5.71. The highest BCUT2D eigenvalue weighted by Gasteiger charge is 2.22. The molecule has 0 aliphatic rings. The second-order valence-electron chi connectivity index (χ2n) is 6.04. The van der Waals surface area contributed by atoms with Crippen LogP contribution in [0.4, 0.5) is 0 Å². The van der Waals surface area contributed by atoms with Crippen molar-refractivity contribution in [3.05, 3.63) is 70.0 Å². The van der Waals surface area contributed by atoms with E-state index in [1.54, 1.807) is 53.4 Å². The van der Waals surface area contributed by atoms with Crippen LogP contribution in [-0.4, -0.2) is 27.0 Å². The summed E-state index contributed by atoms with van der Waals surface area (Å²) in [6.07, 6.45) is 0. The number of nitrogens with zero attached hydrogens (tertiary/aromatic N) is 3. The minimum atomic E-state index is -0.145. The van der Waals surface area contributed by atoms with E-state index < -0.39 is 0 Å². The molecule has 0 fully saturated rings. The molecule has 0 radical (unpaired) electrons. The highest BCUT2D eigenvalue weighted by atomic mass is 35.5. The Labute approximate surface area is 161 Å². The van der Waals surface area contributed by atoms with Gasteiger partial charge >= 0.3 is 0 Å². The summed E-state index contributed by atoms with van der Waals surface area (Å²) in [5, 5.41) is 9.26. The number of carbonyl (C=O) groups excluding carboxylic acids is 1. The van der Waals surface area contributed by atoms with Gasteiger partial charge in [0, 0.05) is 27.2 Å². The van der Waals surface area contributed by atoms with Gasteiger partial charge in [0.15, 0.2) is 0 Å². The molecule has 0 unspecified atom stereocenters. The third kappa shape index (κ3) is 4.23. The van der Waals surface area contributed by atoms with Gasteiger partial charge in [-0.3, -0.25) is 4.79 Å². The Kier molecular flexibility index (Phi) is 5.59. The highest BCUT2D eigenvalue weighted by Crippen LogP contribution is 2.22. The molecule has 1 heterocycles. The fraction of sp³-hybridized carbons (Fsp3) is 0.211. The van der Waals surface area contributed by atoms with E-state index in [4.69, 9.17) is 27.6 Å². The molecular formula is C19H17Cl2N3O2. The Hall–Kier alpha value is -2.37. The third-order valence-electron chi connectivity index (χ3n) is 3.82. The lowest BCUT2D eigenvalue weighted by molar-refractivity contribution is 0.0672. The average Bonchev–Trinajstić information content (AvgIpc) is 3.08. The second-order valence-corrected chi connectivity index (χ2v) is 6.92. The molecule has 1 amide bonds. The standard InChI is InChI=1S/C19H17Cl2N3O2/c1-12(2)24(19(25)14-4-3-5-16(21)10-14)11-17-22-23-18(26-17)13-6-8-15(20)9-7-13/h3-10,12H,11H2,1-2H3. The number of hydrogen-bond donors (Lipinski definition) is 0. The van der Waals surface area contributed by atoms with E-state index in [0.29, 0.717) is 27.4 Å². The molecule has 0 bridgehead atoms. The number of amides is 1. The molecule has 3 aromatic rings. The Morgan fingerprint density at radius 3 is 2.46 bits per heavy atom. The van der Waals surface area contributed by atoms with Gasteiger partial charge in [0.05, 0.1) is 6.54 Å². The fourth-order valence-corrected chi connectivity index (χ4v) is 2.76. The summed E-state index contributed by atoms with van der Waals surface area (Å²) in [6.45, 7) is 4.07. The molecule has 1 aromatic heterocycles. The van der Waals surface area contributed by atoms with Crippen LogP contribution in [0.2, 0.25) is 10.0 Å². The predicted molar refractivity (Wildman–Crippen MR) is 101 cm³/mol. The molecule has 2 aromatic carbocycles. The molecule has 0 spiro atoms.